The summed E-state index contributed by atoms with van der Waals surface area (Å²) >= 11 is 0. The van der Waals surface area contributed by atoms with Crippen molar-refractivity contribution in [3.8, 4) is 5.75 Å². The second kappa shape index (κ2) is 8.20. The number of amides is 1. The van der Waals surface area contributed by atoms with Crippen LogP contribution in [0.25, 0.3) is 0 Å². The van der Waals surface area contributed by atoms with Crippen LogP contribution in [-0.4, -0.2) is 21.4 Å². The van der Waals surface area contributed by atoms with Gasteiger partial charge in [-0.1, -0.05) is 18.2 Å². The molecular formula is C23H22N2O4S. The number of sulfonamides is 1. The Hall–Kier alpha value is -3.32. The molecule has 0 saturated heterocycles. The summed E-state index contributed by atoms with van der Waals surface area (Å²) in [6.07, 6.45) is 2.97. The molecule has 2 N–H and O–H groups in total. The first-order valence-electron chi connectivity index (χ1n) is 9.65. The van der Waals surface area contributed by atoms with Crippen molar-refractivity contribution in [2.75, 3.05) is 17.1 Å². The third-order valence-electron chi connectivity index (χ3n) is 5.13. The van der Waals surface area contributed by atoms with E-state index in [1.165, 1.54) is 12.7 Å². The molecule has 3 aromatic rings. The molecule has 0 bridgehead atoms. The standard InChI is InChI=1S/C23H22N2O4S/c1-29-22-8-3-2-7-21(22)24-23(26)17-9-12-19(13-10-17)25-30(27,28)20-14-11-16-5-4-6-18(16)15-20/h2-3,7-15,25H,4-6H2,1H3,(H,24,26). The maximum atomic E-state index is 12.7. The number of hydrogen-bond donors (Lipinski definition) is 2. The van der Waals surface area contributed by atoms with Gasteiger partial charge in [-0.3, -0.25) is 9.52 Å². The SMILES string of the molecule is COc1ccccc1NC(=O)c1ccc(NS(=O)(=O)c2ccc3c(c2)CCC3)cc1. The lowest BCUT2D eigenvalue weighted by Crippen LogP contribution is -2.14. The second-order valence-corrected chi connectivity index (χ2v) is 8.80. The molecular weight excluding hydrogens is 400 g/mol. The van der Waals surface area contributed by atoms with Crippen molar-refractivity contribution >= 4 is 27.3 Å². The highest BCUT2D eigenvalue weighted by molar-refractivity contribution is 7.92. The van der Waals surface area contributed by atoms with Gasteiger partial charge in [0, 0.05) is 11.3 Å². The zero-order valence-corrected chi connectivity index (χ0v) is 17.3. The minimum atomic E-state index is -3.69. The van der Waals surface area contributed by atoms with Gasteiger partial charge in [-0.25, -0.2) is 8.42 Å². The molecule has 6 nitrogen and oxygen atoms in total. The first-order chi connectivity index (χ1) is 14.5. The first kappa shape index (κ1) is 20.0. The van der Waals surface area contributed by atoms with Gasteiger partial charge in [0.25, 0.3) is 15.9 Å². The Morgan fingerprint density at radius 3 is 2.43 bits per heavy atom. The molecule has 154 valence electrons. The van der Waals surface area contributed by atoms with Crippen molar-refractivity contribution < 1.29 is 17.9 Å². The molecule has 1 aliphatic rings. The number of ether oxygens (including phenoxy) is 1. The fraction of sp³-hybridized carbons (Fsp3) is 0.174. The number of anilines is 2. The van der Waals surface area contributed by atoms with Crippen molar-refractivity contribution in [2.24, 2.45) is 0 Å². The van der Waals surface area contributed by atoms with Crippen LogP contribution in [0.1, 0.15) is 27.9 Å². The molecule has 0 saturated carbocycles. The molecule has 0 spiro atoms. The van der Waals surface area contributed by atoms with Gasteiger partial charge in [-0.2, -0.15) is 0 Å². The molecule has 0 radical (unpaired) electrons. The maximum Gasteiger partial charge on any atom is 0.261 e. The highest BCUT2D eigenvalue weighted by atomic mass is 32.2. The quantitative estimate of drug-likeness (QED) is 0.622. The van der Waals surface area contributed by atoms with E-state index in [0.29, 0.717) is 22.7 Å². The predicted octanol–water partition coefficient (Wildman–Crippen LogP) is 4.24. The van der Waals surface area contributed by atoms with E-state index in [2.05, 4.69) is 10.0 Å². The first-order valence-corrected chi connectivity index (χ1v) is 11.1. The molecule has 1 aliphatic carbocycles. The Bertz CT molecular complexity index is 1190. The van der Waals surface area contributed by atoms with Gasteiger partial charge in [-0.05, 0) is 78.9 Å². The summed E-state index contributed by atoms with van der Waals surface area (Å²) in [4.78, 5) is 12.8. The normalized spacial score (nSPS) is 12.8. The zero-order valence-electron chi connectivity index (χ0n) is 16.5. The largest absolute Gasteiger partial charge is 0.495 e. The number of hydrogen-bond acceptors (Lipinski definition) is 4. The Morgan fingerprint density at radius 2 is 1.67 bits per heavy atom. The lowest BCUT2D eigenvalue weighted by atomic mass is 10.1. The van der Waals surface area contributed by atoms with E-state index in [-0.39, 0.29) is 10.8 Å². The number of aryl methyl sites for hydroxylation is 2. The summed E-state index contributed by atoms with van der Waals surface area (Å²) in [6.45, 7) is 0. The molecule has 0 fully saturated rings. The van der Waals surface area contributed by atoms with Crippen molar-refractivity contribution in [1.82, 2.24) is 0 Å². The highest BCUT2D eigenvalue weighted by Gasteiger charge is 2.19. The fourth-order valence-electron chi connectivity index (χ4n) is 3.56. The Balaban J connectivity index is 1.47. The monoisotopic (exact) mass is 422 g/mol. The van der Waals surface area contributed by atoms with E-state index in [0.717, 1.165) is 24.8 Å². The Labute approximate surface area is 176 Å². The molecule has 0 unspecified atom stereocenters. The number of carbonyl (C=O) groups is 1. The summed E-state index contributed by atoms with van der Waals surface area (Å²) < 4.78 is 33.3. The molecule has 4 rings (SSSR count). The van der Waals surface area contributed by atoms with Crippen molar-refractivity contribution in [3.63, 3.8) is 0 Å². The smallest absolute Gasteiger partial charge is 0.261 e. The van der Waals surface area contributed by atoms with Crippen molar-refractivity contribution in [2.45, 2.75) is 24.2 Å². The van der Waals surface area contributed by atoms with Crippen LogP contribution in [0.5, 0.6) is 5.75 Å². The second-order valence-electron chi connectivity index (χ2n) is 7.12. The van der Waals surface area contributed by atoms with Crippen LogP contribution in [0.4, 0.5) is 11.4 Å². The van der Waals surface area contributed by atoms with Gasteiger partial charge in [-0.15, -0.1) is 0 Å². The van der Waals surface area contributed by atoms with E-state index < -0.39 is 10.0 Å². The number of nitrogens with one attached hydrogen (secondary N) is 2. The zero-order chi connectivity index (χ0) is 21.1. The van der Waals surface area contributed by atoms with Gasteiger partial charge in [0.15, 0.2) is 0 Å². The van der Waals surface area contributed by atoms with Gasteiger partial charge in [0.1, 0.15) is 5.75 Å². The summed E-state index contributed by atoms with van der Waals surface area (Å²) in [5, 5.41) is 2.79. The minimum absolute atomic E-state index is 0.251. The molecule has 7 heteroatoms. The number of benzene rings is 3. The molecule has 0 heterocycles. The van der Waals surface area contributed by atoms with E-state index in [4.69, 9.17) is 4.74 Å². The van der Waals surface area contributed by atoms with E-state index in [1.807, 2.05) is 12.1 Å². The van der Waals surface area contributed by atoms with Crippen LogP contribution in [0.2, 0.25) is 0 Å². The lowest BCUT2D eigenvalue weighted by molar-refractivity contribution is 0.102. The number of para-hydroxylation sites is 2. The molecule has 0 atom stereocenters. The summed E-state index contributed by atoms with van der Waals surface area (Å²) in [5.41, 5.74) is 3.68. The van der Waals surface area contributed by atoms with Crippen LogP contribution < -0.4 is 14.8 Å². The lowest BCUT2D eigenvalue weighted by Gasteiger charge is -2.11. The van der Waals surface area contributed by atoms with Gasteiger partial charge in [0.05, 0.1) is 17.7 Å². The third-order valence-corrected chi connectivity index (χ3v) is 6.51. The number of methoxy groups -OCH3 is 1. The molecule has 1 amide bonds. The van der Waals surface area contributed by atoms with Crippen LogP contribution >= 0.6 is 0 Å². The van der Waals surface area contributed by atoms with Crippen LogP contribution in [0.3, 0.4) is 0 Å². The minimum Gasteiger partial charge on any atom is -0.495 e. The number of fused-ring (bicyclic) bond motifs is 1. The van der Waals surface area contributed by atoms with Crippen molar-refractivity contribution in [1.29, 1.82) is 0 Å². The highest BCUT2D eigenvalue weighted by Crippen LogP contribution is 2.26. The molecule has 0 aromatic heterocycles. The van der Waals surface area contributed by atoms with E-state index in [9.17, 15) is 13.2 Å². The van der Waals surface area contributed by atoms with E-state index in [1.54, 1.807) is 54.6 Å². The Morgan fingerprint density at radius 1 is 0.933 bits per heavy atom. The van der Waals surface area contributed by atoms with Crippen LogP contribution in [-0.2, 0) is 22.9 Å². The topological polar surface area (TPSA) is 84.5 Å². The number of rotatable bonds is 6. The van der Waals surface area contributed by atoms with Gasteiger partial charge < -0.3 is 10.1 Å². The third kappa shape index (κ3) is 4.16. The number of carbonyl (C=O) groups excluding carboxylic acids is 1. The maximum absolute atomic E-state index is 12.7. The summed E-state index contributed by atoms with van der Waals surface area (Å²) in [7, 11) is -2.16. The Kier molecular flexibility index (Phi) is 5.46. The summed E-state index contributed by atoms with van der Waals surface area (Å²) in [6, 6.07) is 18.7. The van der Waals surface area contributed by atoms with Gasteiger partial charge in [0.2, 0.25) is 0 Å². The molecule has 3 aromatic carbocycles. The average molecular weight is 423 g/mol. The molecule has 0 aliphatic heterocycles. The average Bonchev–Trinajstić information content (AvgIpc) is 3.22. The predicted molar refractivity (Wildman–Crippen MR) is 117 cm³/mol. The van der Waals surface area contributed by atoms with E-state index >= 15 is 0 Å². The summed E-state index contributed by atoms with van der Waals surface area (Å²) in [5.74, 6) is 0.247. The van der Waals surface area contributed by atoms with Gasteiger partial charge >= 0.3 is 0 Å². The molecule has 30 heavy (non-hydrogen) atoms. The van der Waals surface area contributed by atoms with Crippen LogP contribution in [0, 0.1) is 0 Å². The van der Waals surface area contributed by atoms with Crippen LogP contribution in [0.15, 0.2) is 71.6 Å². The fourth-order valence-corrected chi connectivity index (χ4v) is 4.67. The van der Waals surface area contributed by atoms with Crippen molar-refractivity contribution in [3.05, 3.63) is 83.4 Å².